The third-order valence-electron chi connectivity index (χ3n) is 3.05. The second-order valence-electron chi connectivity index (χ2n) is 4.55. The third-order valence-corrected chi connectivity index (χ3v) is 3.05. The van der Waals surface area contributed by atoms with Gasteiger partial charge in [-0.05, 0) is 37.6 Å². The van der Waals surface area contributed by atoms with Crippen molar-refractivity contribution >= 4 is 0 Å². The molecule has 1 N–H and O–H groups in total. The molecule has 1 aromatic rings. The lowest BCUT2D eigenvalue weighted by Crippen LogP contribution is -2.33. The number of hydrogen-bond donors (Lipinski definition) is 1. The largest absolute Gasteiger partial charge is 0.493 e. The highest BCUT2D eigenvalue weighted by atomic mass is 19.4. The van der Waals surface area contributed by atoms with E-state index in [-0.39, 0.29) is 5.75 Å². The molecule has 1 aromatic carbocycles. The monoisotopic (exact) mass is 259 g/mol. The van der Waals surface area contributed by atoms with Crippen molar-refractivity contribution < 1.29 is 17.9 Å². The molecule has 2 rings (SSSR count). The lowest BCUT2D eigenvalue weighted by atomic mass is 10.0. The molecule has 1 fully saturated rings. The van der Waals surface area contributed by atoms with Crippen LogP contribution in [0.2, 0.25) is 0 Å². The Morgan fingerprint density at radius 2 is 2.17 bits per heavy atom. The molecule has 1 heterocycles. The van der Waals surface area contributed by atoms with Crippen molar-refractivity contribution in [1.82, 2.24) is 5.32 Å². The molecule has 18 heavy (non-hydrogen) atoms. The third kappa shape index (κ3) is 3.63. The first-order valence-electron chi connectivity index (χ1n) is 6.06. The Hall–Kier alpha value is -1.23. The molecule has 0 saturated carbocycles. The van der Waals surface area contributed by atoms with E-state index in [0.717, 1.165) is 38.1 Å². The molecule has 0 unspecified atom stereocenters. The molecule has 1 aliphatic rings. The van der Waals surface area contributed by atoms with Gasteiger partial charge >= 0.3 is 6.18 Å². The molecule has 1 aliphatic heterocycles. The van der Waals surface area contributed by atoms with Crippen LogP contribution in [0.5, 0.6) is 5.75 Å². The van der Waals surface area contributed by atoms with Crippen molar-refractivity contribution in [1.29, 1.82) is 0 Å². The quantitative estimate of drug-likeness (QED) is 0.900. The normalized spacial score (nSPS) is 20.7. The van der Waals surface area contributed by atoms with Gasteiger partial charge in [0.1, 0.15) is 5.75 Å². The molecule has 0 bridgehead atoms. The predicted molar refractivity (Wildman–Crippen MR) is 62.5 cm³/mol. The molecule has 0 aliphatic carbocycles. The van der Waals surface area contributed by atoms with Crippen molar-refractivity contribution in [2.45, 2.75) is 19.0 Å². The van der Waals surface area contributed by atoms with E-state index >= 15 is 0 Å². The molecule has 0 radical (unpaired) electrons. The van der Waals surface area contributed by atoms with E-state index < -0.39 is 11.7 Å². The number of rotatable bonds is 3. The van der Waals surface area contributed by atoms with Gasteiger partial charge in [-0.25, -0.2) is 0 Å². The van der Waals surface area contributed by atoms with Gasteiger partial charge in [-0.2, -0.15) is 13.2 Å². The molecule has 1 atom stereocenters. The average molecular weight is 259 g/mol. The fourth-order valence-electron chi connectivity index (χ4n) is 2.04. The van der Waals surface area contributed by atoms with Crippen molar-refractivity contribution in [2.75, 3.05) is 19.7 Å². The number of ether oxygens (including phenoxy) is 1. The van der Waals surface area contributed by atoms with Crippen molar-refractivity contribution in [2.24, 2.45) is 5.92 Å². The van der Waals surface area contributed by atoms with Crippen LogP contribution < -0.4 is 10.1 Å². The van der Waals surface area contributed by atoms with Crippen molar-refractivity contribution in [3.63, 3.8) is 0 Å². The van der Waals surface area contributed by atoms with Gasteiger partial charge in [-0.15, -0.1) is 0 Å². The topological polar surface area (TPSA) is 21.3 Å². The minimum absolute atomic E-state index is 0.287. The van der Waals surface area contributed by atoms with Gasteiger partial charge in [0, 0.05) is 12.5 Å². The van der Waals surface area contributed by atoms with Crippen LogP contribution in [0.15, 0.2) is 24.3 Å². The highest BCUT2D eigenvalue weighted by Crippen LogP contribution is 2.31. The van der Waals surface area contributed by atoms with E-state index in [0.29, 0.717) is 12.5 Å². The minimum Gasteiger partial charge on any atom is -0.493 e. The van der Waals surface area contributed by atoms with Crippen LogP contribution in [0.1, 0.15) is 18.4 Å². The van der Waals surface area contributed by atoms with E-state index in [2.05, 4.69) is 5.32 Å². The molecule has 0 aromatic heterocycles. The predicted octanol–water partition coefficient (Wildman–Crippen LogP) is 3.08. The zero-order chi connectivity index (χ0) is 13.0. The van der Waals surface area contributed by atoms with Crippen LogP contribution in [-0.4, -0.2) is 19.7 Å². The first-order chi connectivity index (χ1) is 8.55. The zero-order valence-electron chi connectivity index (χ0n) is 9.96. The number of nitrogens with one attached hydrogen (secondary N) is 1. The minimum atomic E-state index is -4.31. The number of halogens is 3. The summed E-state index contributed by atoms with van der Waals surface area (Å²) in [5, 5.41) is 3.25. The molecule has 100 valence electrons. The van der Waals surface area contributed by atoms with Crippen LogP contribution in [-0.2, 0) is 6.18 Å². The summed E-state index contributed by atoms with van der Waals surface area (Å²) in [6, 6.07) is 5.04. The van der Waals surface area contributed by atoms with Crippen molar-refractivity contribution in [3.8, 4) is 5.75 Å². The summed E-state index contributed by atoms with van der Waals surface area (Å²) in [7, 11) is 0. The Bertz CT molecular complexity index is 386. The summed E-state index contributed by atoms with van der Waals surface area (Å²) < 4.78 is 42.9. The van der Waals surface area contributed by atoms with Gasteiger partial charge in [-0.1, -0.05) is 6.07 Å². The van der Waals surface area contributed by atoms with Gasteiger partial charge < -0.3 is 10.1 Å². The smallest absolute Gasteiger partial charge is 0.416 e. The number of hydrogen-bond acceptors (Lipinski definition) is 2. The summed E-state index contributed by atoms with van der Waals surface area (Å²) in [4.78, 5) is 0. The van der Waals surface area contributed by atoms with Gasteiger partial charge in [-0.3, -0.25) is 0 Å². The molecule has 2 nitrogen and oxygen atoms in total. The van der Waals surface area contributed by atoms with Crippen LogP contribution >= 0.6 is 0 Å². The van der Waals surface area contributed by atoms with E-state index in [4.69, 9.17) is 4.74 Å². The molecule has 5 heteroatoms. The average Bonchev–Trinajstić information content (AvgIpc) is 2.37. The van der Waals surface area contributed by atoms with E-state index in [1.165, 1.54) is 6.07 Å². The van der Waals surface area contributed by atoms with Crippen LogP contribution in [0.3, 0.4) is 0 Å². The van der Waals surface area contributed by atoms with Crippen molar-refractivity contribution in [3.05, 3.63) is 29.8 Å². The highest BCUT2D eigenvalue weighted by Gasteiger charge is 2.30. The van der Waals surface area contributed by atoms with E-state index in [1.807, 2.05) is 0 Å². The Balaban J connectivity index is 1.92. The van der Waals surface area contributed by atoms with Crippen LogP contribution in [0, 0.1) is 5.92 Å². The summed E-state index contributed by atoms with van der Waals surface area (Å²) in [6.45, 7) is 2.35. The maximum atomic E-state index is 12.5. The van der Waals surface area contributed by atoms with Gasteiger partial charge in [0.25, 0.3) is 0 Å². The maximum Gasteiger partial charge on any atom is 0.416 e. The molecule has 1 saturated heterocycles. The molecule has 0 spiro atoms. The van der Waals surface area contributed by atoms with Gasteiger partial charge in [0.05, 0.1) is 12.2 Å². The Labute approximate surface area is 104 Å². The Morgan fingerprint density at radius 3 is 2.83 bits per heavy atom. The molecular weight excluding hydrogens is 243 g/mol. The standard InChI is InChI=1S/C13H16F3NO/c14-13(15,16)11-4-1-5-12(7-11)18-9-10-3-2-6-17-8-10/h1,4-5,7,10,17H,2-3,6,8-9H2/t10-/m1/s1. The number of alkyl halides is 3. The van der Waals surface area contributed by atoms with E-state index in [1.54, 1.807) is 6.07 Å². The molecule has 0 amide bonds. The highest BCUT2D eigenvalue weighted by molar-refractivity contribution is 5.30. The zero-order valence-corrected chi connectivity index (χ0v) is 9.96. The van der Waals surface area contributed by atoms with E-state index in [9.17, 15) is 13.2 Å². The van der Waals surface area contributed by atoms with Gasteiger partial charge in [0.2, 0.25) is 0 Å². The number of piperidine rings is 1. The first kappa shape index (κ1) is 13.2. The first-order valence-corrected chi connectivity index (χ1v) is 6.06. The lowest BCUT2D eigenvalue weighted by Gasteiger charge is -2.22. The SMILES string of the molecule is FC(F)(F)c1cccc(OC[C@@H]2CCCNC2)c1. The Kier molecular flexibility index (Phi) is 4.11. The lowest BCUT2D eigenvalue weighted by molar-refractivity contribution is -0.137. The number of benzene rings is 1. The fraction of sp³-hybridized carbons (Fsp3) is 0.538. The fourth-order valence-corrected chi connectivity index (χ4v) is 2.04. The van der Waals surface area contributed by atoms with Gasteiger partial charge in [0.15, 0.2) is 0 Å². The summed E-state index contributed by atoms with van der Waals surface area (Å²) >= 11 is 0. The van der Waals surface area contributed by atoms with Crippen LogP contribution in [0.4, 0.5) is 13.2 Å². The second kappa shape index (κ2) is 5.61. The summed E-state index contributed by atoms with van der Waals surface area (Å²) in [6.07, 6.45) is -2.16. The summed E-state index contributed by atoms with van der Waals surface area (Å²) in [5.74, 6) is 0.670. The maximum absolute atomic E-state index is 12.5. The van der Waals surface area contributed by atoms with Crippen LogP contribution in [0.25, 0.3) is 0 Å². The Morgan fingerprint density at radius 1 is 1.33 bits per heavy atom. The second-order valence-corrected chi connectivity index (χ2v) is 4.55. The molecular formula is C13H16F3NO. The summed E-state index contributed by atoms with van der Waals surface area (Å²) in [5.41, 5.74) is -0.665.